The van der Waals surface area contributed by atoms with Gasteiger partial charge in [0.05, 0.1) is 0 Å². The SMILES string of the molecule is CC(C)CNCC1CCN(C(C)C2CCCC2)C1. The molecule has 2 rings (SSSR count). The van der Waals surface area contributed by atoms with Crippen molar-refractivity contribution in [3.63, 3.8) is 0 Å². The molecule has 1 aliphatic heterocycles. The highest BCUT2D eigenvalue weighted by atomic mass is 15.2. The third kappa shape index (κ3) is 3.96. The Hall–Kier alpha value is -0.0800. The van der Waals surface area contributed by atoms with Crippen molar-refractivity contribution in [2.45, 2.75) is 58.9 Å². The van der Waals surface area contributed by atoms with Gasteiger partial charge >= 0.3 is 0 Å². The summed E-state index contributed by atoms with van der Waals surface area (Å²) in [5.41, 5.74) is 0. The Morgan fingerprint density at radius 2 is 1.83 bits per heavy atom. The molecule has 1 heterocycles. The Bertz CT molecular complexity index is 233. The van der Waals surface area contributed by atoms with Crippen molar-refractivity contribution in [1.82, 2.24) is 10.2 Å². The molecule has 0 radical (unpaired) electrons. The van der Waals surface area contributed by atoms with Crippen LogP contribution in [0.1, 0.15) is 52.9 Å². The monoisotopic (exact) mass is 252 g/mol. The van der Waals surface area contributed by atoms with Gasteiger partial charge in [-0.1, -0.05) is 26.7 Å². The van der Waals surface area contributed by atoms with Gasteiger partial charge in [0.25, 0.3) is 0 Å². The quantitative estimate of drug-likeness (QED) is 0.781. The second-order valence-electron chi connectivity index (χ2n) is 6.99. The van der Waals surface area contributed by atoms with Crippen molar-refractivity contribution >= 4 is 0 Å². The Balaban J connectivity index is 1.67. The second-order valence-corrected chi connectivity index (χ2v) is 6.99. The van der Waals surface area contributed by atoms with Crippen LogP contribution in [0.15, 0.2) is 0 Å². The molecule has 0 aromatic carbocycles. The van der Waals surface area contributed by atoms with Gasteiger partial charge in [-0.25, -0.2) is 0 Å². The van der Waals surface area contributed by atoms with E-state index in [1.54, 1.807) is 0 Å². The number of nitrogens with zero attached hydrogens (tertiary/aromatic N) is 1. The number of rotatable bonds is 6. The molecule has 1 N–H and O–H groups in total. The van der Waals surface area contributed by atoms with Gasteiger partial charge in [0.15, 0.2) is 0 Å². The summed E-state index contributed by atoms with van der Waals surface area (Å²) in [6.45, 7) is 12.1. The summed E-state index contributed by atoms with van der Waals surface area (Å²) >= 11 is 0. The highest BCUT2D eigenvalue weighted by Gasteiger charge is 2.31. The van der Waals surface area contributed by atoms with Gasteiger partial charge in [-0.15, -0.1) is 0 Å². The number of hydrogen-bond acceptors (Lipinski definition) is 2. The first-order valence-electron chi connectivity index (χ1n) is 8.11. The molecule has 2 heteroatoms. The van der Waals surface area contributed by atoms with E-state index in [4.69, 9.17) is 0 Å². The Labute approximate surface area is 114 Å². The summed E-state index contributed by atoms with van der Waals surface area (Å²) in [6.07, 6.45) is 7.31. The van der Waals surface area contributed by atoms with Crippen molar-refractivity contribution in [3.05, 3.63) is 0 Å². The Morgan fingerprint density at radius 1 is 1.11 bits per heavy atom. The standard InChI is InChI=1S/C16H32N2/c1-13(2)10-17-11-15-8-9-18(12-15)14(3)16-6-4-5-7-16/h13-17H,4-12H2,1-3H3. The zero-order valence-corrected chi connectivity index (χ0v) is 12.6. The second kappa shape index (κ2) is 6.91. The molecule has 2 atom stereocenters. The van der Waals surface area contributed by atoms with Gasteiger partial charge in [-0.3, -0.25) is 0 Å². The van der Waals surface area contributed by atoms with Crippen LogP contribution >= 0.6 is 0 Å². The zero-order chi connectivity index (χ0) is 13.0. The van der Waals surface area contributed by atoms with Crippen molar-refractivity contribution in [1.29, 1.82) is 0 Å². The van der Waals surface area contributed by atoms with Crippen LogP contribution in [0.2, 0.25) is 0 Å². The molecule has 0 aromatic heterocycles. The van der Waals surface area contributed by atoms with Crippen LogP contribution in [-0.4, -0.2) is 37.1 Å². The van der Waals surface area contributed by atoms with E-state index in [0.29, 0.717) is 0 Å². The Kier molecular flexibility index (Phi) is 5.50. The van der Waals surface area contributed by atoms with E-state index in [0.717, 1.165) is 23.8 Å². The van der Waals surface area contributed by atoms with E-state index in [1.807, 2.05) is 0 Å². The van der Waals surface area contributed by atoms with Crippen LogP contribution in [0.4, 0.5) is 0 Å². The summed E-state index contributed by atoms with van der Waals surface area (Å²) in [7, 11) is 0. The average molecular weight is 252 g/mol. The highest BCUT2D eigenvalue weighted by molar-refractivity contribution is 4.85. The smallest absolute Gasteiger partial charge is 0.00953 e. The third-order valence-electron chi connectivity index (χ3n) is 4.96. The van der Waals surface area contributed by atoms with Gasteiger partial charge in [0.1, 0.15) is 0 Å². The molecule has 1 aliphatic carbocycles. The first kappa shape index (κ1) is 14.3. The highest BCUT2D eigenvalue weighted by Crippen LogP contribution is 2.32. The van der Waals surface area contributed by atoms with Gasteiger partial charge in [-0.2, -0.15) is 0 Å². The lowest BCUT2D eigenvalue weighted by molar-refractivity contribution is 0.184. The van der Waals surface area contributed by atoms with Crippen molar-refractivity contribution < 1.29 is 0 Å². The van der Waals surface area contributed by atoms with E-state index < -0.39 is 0 Å². The topological polar surface area (TPSA) is 15.3 Å². The molecule has 0 spiro atoms. The molecule has 2 aliphatic rings. The van der Waals surface area contributed by atoms with Crippen molar-refractivity contribution in [3.8, 4) is 0 Å². The molecule has 0 bridgehead atoms. The van der Waals surface area contributed by atoms with Crippen LogP contribution in [-0.2, 0) is 0 Å². The molecule has 0 amide bonds. The maximum atomic E-state index is 3.63. The summed E-state index contributed by atoms with van der Waals surface area (Å²) in [4.78, 5) is 2.76. The number of likely N-dealkylation sites (tertiary alicyclic amines) is 1. The lowest BCUT2D eigenvalue weighted by Gasteiger charge is -2.29. The molecule has 2 unspecified atom stereocenters. The van der Waals surface area contributed by atoms with E-state index in [9.17, 15) is 0 Å². The van der Waals surface area contributed by atoms with Gasteiger partial charge in [0.2, 0.25) is 0 Å². The van der Waals surface area contributed by atoms with E-state index >= 15 is 0 Å². The molecule has 106 valence electrons. The van der Waals surface area contributed by atoms with E-state index in [2.05, 4.69) is 31.0 Å². The fraction of sp³-hybridized carbons (Fsp3) is 1.00. The first-order valence-corrected chi connectivity index (χ1v) is 8.11. The van der Waals surface area contributed by atoms with Gasteiger partial charge < -0.3 is 10.2 Å². The minimum Gasteiger partial charge on any atom is -0.316 e. The predicted molar refractivity (Wildman–Crippen MR) is 78.8 cm³/mol. The maximum absolute atomic E-state index is 3.63. The summed E-state index contributed by atoms with van der Waals surface area (Å²) in [6, 6.07) is 0.836. The van der Waals surface area contributed by atoms with Gasteiger partial charge in [-0.05, 0) is 63.6 Å². The van der Waals surface area contributed by atoms with Crippen LogP contribution in [0.5, 0.6) is 0 Å². The maximum Gasteiger partial charge on any atom is 0.00953 e. The Morgan fingerprint density at radius 3 is 2.50 bits per heavy atom. The lowest BCUT2D eigenvalue weighted by atomic mass is 9.98. The molecular formula is C16H32N2. The first-order chi connectivity index (χ1) is 8.66. The molecule has 1 saturated heterocycles. The molecular weight excluding hydrogens is 220 g/mol. The average Bonchev–Trinajstić information content (AvgIpc) is 2.99. The van der Waals surface area contributed by atoms with Gasteiger partial charge in [0, 0.05) is 12.6 Å². The van der Waals surface area contributed by atoms with Crippen molar-refractivity contribution in [2.24, 2.45) is 17.8 Å². The molecule has 18 heavy (non-hydrogen) atoms. The van der Waals surface area contributed by atoms with Crippen LogP contribution in [0.3, 0.4) is 0 Å². The largest absolute Gasteiger partial charge is 0.316 e. The van der Waals surface area contributed by atoms with Crippen LogP contribution < -0.4 is 5.32 Å². The predicted octanol–water partition coefficient (Wildman–Crippen LogP) is 3.13. The zero-order valence-electron chi connectivity index (χ0n) is 12.6. The molecule has 0 aromatic rings. The van der Waals surface area contributed by atoms with Crippen LogP contribution in [0, 0.1) is 17.8 Å². The fourth-order valence-corrected chi connectivity index (χ4v) is 3.71. The summed E-state index contributed by atoms with van der Waals surface area (Å²) < 4.78 is 0. The van der Waals surface area contributed by atoms with Crippen LogP contribution in [0.25, 0.3) is 0 Å². The third-order valence-corrected chi connectivity index (χ3v) is 4.96. The molecule has 2 fully saturated rings. The minimum absolute atomic E-state index is 0.778. The number of hydrogen-bond donors (Lipinski definition) is 1. The molecule has 1 saturated carbocycles. The number of nitrogens with one attached hydrogen (secondary N) is 1. The minimum atomic E-state index is 0.778. The van der Waals surface area contributed by atoms with E-state index in [-0.39, 0.29) is 0 Å². The fourth-order valence-electron chi connectivity index (χ4n) is 3.71. The summed E-state index contributed by atoms with van der Waals surface area (Å²) in [5, 5.41) is 3.63. The summed E-state index contributed by atoms with van der Waals surface area (Å²) in [5.74, 6) is 2.67. The normalized spacial score (nSPS) is 28.3. The van der Waals surface area contributed by atoms with Crippen molar-refractivity contribution in [2.75, 3.05) is 26.2 Å². The lowest BCUT2D eigenvalue weighted by Crippen LogP contribution is -2.37. The van der Waals surface area contributed by atoms with E-state index in [1.165, 1.54) is 58.3 Å². The molecule has 2 nitrogen and oxygen atoms in total.